The maximum absolute atomic E-state index is 12.5. The molecule has 144 valence electrons. The van der Waals surface area contributed by atoms with E-state index in [1.54, 1.807) is 72.8 Å². The molecule has 0 aliphatic carbocycles. The van der Waals surface area contributed by atoms with Gasteiger partial charge in [-0.2, -0.15) is 0 Å². The first-order valence-electron chi connectivity index (χ1n) is 8.79. The number of esters is 1. The first-order valence-corrected chi connectivity index (χ1v) is 9.17. The summed E-state index contributed by atoms with van der Waals surface area (Å²) in [5.41, 5.74) is 1.45. The Balaban J connectivity index is 1.51. The summed E-state index contributed by atoms with van der Waals surface area (Å²) in [6, 6.07) is 18.4. The number of hydrogen-bond donors (Lipinski definition) is 0. The molecule has 3 aromatic carbocycles. The maximum atomic E-state index is 12.5. The molecule has 4 rings (SSSR count). The van der Waals surface area contributed by atoms with Crippen LogP contribution in [0.4, 0.5) is 0 Å². The Labute approximate surface area is 172 Å². The second kappa shape index (κ2) is 8.20. The Morgan fingerprint density at radius 1 is 0.897 bits per heavy atom. The van der Waals surface area contributed by atoms with Crippen molar-refractivity contribution >= 4 is 29.4 Å². The molecule has 0 fully saturated rings. The lowest BCUT2D eigenvalue weighted by molar-refractivity contribution is 0.0733. The summed E-state index contributed by atoms with van der Waals surface area (Å²) in [6.45, 7) is 0.128. The first-order chi connectivity index (χ1) is 14.1. The molecule has 0 spiro atoms. The smallest absolute Gasteiger partial charge is 0.343 e. The monoisotopic (exact) mass is 406 g/mol. The highest BCUT2D eigenvalue weighted by Gasteiger charge is 2.18. The maximum Gasteiger partial charge on any atom is 0.343 e. The van der Waals surface area contributed by atoms with Crippen LogP contribution in [0, 0.1) is 0 Å². The molecule has 6 heteroatoms. The van der Waals surface area contributed by atoms with Gasteiger partial charge < -0.3 is 14.2 Å². The molecule has 3 aromatic rings. The number of para-hydroxylation sites is 1. The van der Waals surface area contributed by atoms with Gasteiger partial charge in [0.05, 0.1) is 5.56 Å². The van der Waals surface area contributed by atoms with Crippen LogP contribution in [0.25, 0.3) is 6.08 Å². The van der Waals surface area contributed by atoms with Gasteiger partial charge in [-0.25, -0.2) is 4.79 Å². The third-order valence-corrected chi connectivity index (χ3v) is 4.52. The number of hydrogen-bond acceptors (Lipinski definition) is 5. The van der Waals surface area contributed by atoms with Crippen LogP contribution in [0.1, 0.15) is 26.3 Å². The summed E-state index contributed by atoms with van der Waals surface area (Å²) in [6.07, 6.45) is 3.04. The van der Waals surface area contributed by atoms with Crippen molar-refractivity contribution in [1.29, 1.82) is 0 Å². The predicted octanol–water partition coefficient (Wildman–Crippen LogP) is 5.18. The molecule has 0 N–H and O–H groups in total. The topological polar surface area (TPSA) is 61.8 Å². The molecular formula is C23H15ClO5. The third kappa shape index (κ3) is 4.31. The van der Waals surface area contributed by atoms with Gasteiger partial charge in [-0.3, -0.25) is 4.79 Å². The van der Waals surface area contributed by atoms with Crippen LogP contribution < -0.4 is 14.2 Å². The van der Waals surface area contributed by atoms with Gasteiger partial charge in [-0.1, -0.05) is 29.8 Å². The Hall–Kier alpha value is -3.57. The standard InChI is InChI=1S/C23H15ClO5/c24-18-9-5-15(6-10-18)19(25)11-7-16-3-1-2-4-20(16)29-23(26)17-8-12-21-22(13-17)28-14-27-21/h1-13H,14H2/b11-7+. The molecule has 0 bridgehead atoms. The second-order valence-electron chi connectivity index (χ2n) is 6.20. The Kier molecular flexibility index (Phi) is 5.31. The van der Waals surface area contributed by atoms with Crippen molar-refractivity contribution in [2.75, 3.05) is 6.79 Å². The fourth-order valence-corrected chi connectivity index (χ4v) is 2.90. The number of halogens is 1. The van der Waals surface area contributed by atoms with Gasteiger partial charge in [0, 0.05) is 16.1 Å². The Morgan fingerprint density at radius 2 is 1.62 bits per heavy atom. The van der Waals surface area contributed by atoms with Crippen molar-refractivity contribution in [2.45, 2.75) is 0 Å². The van der Waals surface area contributed by atoms with Crippen LogP contribution in [0.3, 0.4) is 0 Å². The molecular weight excluding hydrogens is 392 g/mol. The average Bonchev–Trinajstić information content (AvgIpc) is 3.21. The molecule has 29 heavy (non-hydrogen) atoms. The summed E-state index contributed by atoms with van der Waals surface area (Å²) in [7, 11) is 0. The predicted molar refractivity (Wildman–Crippen MR) is 109 cm³/mol. The highest BCUT2D eigenvalue weighted by molar-refractivity contribution is 6.30. The highest BCUT2D eigenvalue weighted by atomic mass is 35.5. The van der Waals surface area contributed by atoms with Gasteiger partial charge in [0.1, 0.15) is 5.75 Å². The summed E-state index contributed by atoms with van der Waals surface area (Å²) >= 11 is 5.85. The van der Waals surface area contributed by atoms with Crippen molar-refractivity contribution in [3.63, 3.8) is 0 Å². The molecule has 0 amide bonds. The van der Waals surface area contributed by atoms with Crippen molar-refractivity contribution in [3.8, 4) is 17.2 Å². The van der Waals surface area contributed by atoms with Gasteiger partial charge in [0.2, 0.25) is 6.79 Å². The lowest BCUT2D eigenvalue weighted by atomic mass is 10.1. The van der Waals surface area contributed by atoms with E-state index in [2.05, 4.69) is 0 Å². The minimum absolute atomic E-state index is 0.128. The number of carbonyl (C=O) groups is 2. The lowest BCUT2D eigenvalue weighted by Crippen LogP contribution is -2.09. The number of allylic oxidation sites excluding steroid dienone is 1. The zero-order valence-electron chi connectivity index (χ0n) is 15.1. The van der Waals surface area contributed by atoms with E-state index in [4.69, 9.17) is 25.8 Å². The zero-order chi connectivity index (χ0) is 20.2. The van der Waals surface area contributed by atoms with Crippen molar-refractivity contribution in [1.82, 2.24) is 0 Å². The van der Waals surface area contributed by atoms with Crippen molar-refractivity contribution < 1.29 is 23.8 Å². The molecule has 0 saturated heterocycles. The summed E-state index contributed by atoms with van der Waals surface area (Å²) in [4.78, 5) is 24.9. The fourth-order valence-electron chi connectivity index (χ4n) is 2.77. The van der Waals surface area contributed by atoms with E-state index in [9.17, 15) is 9.59 Å². The minimum Gasteiger partial charge on any atom is -0.454 e. The molecule has 5 nitrogen and oxygen atoms in total. The van der Waals surface area contributed by atoms with Crippen LogP contribution >= 0.6 is 11.6 Å². The number of rotatable bonds is 5. The van der Waals surface area contributed by atoms with Gasteiger partial charge in [-0.15, -0.1) is 0 Å². The molecule has 1 aliphatic heterocycles. The molecule has 1 aliphatic rings. The second-order valence-corrected chi connectivity index (χ2v) is 6.64. The fraction of sp³-hybridized carbons (Fsp3) is 0.0435. The molecule has 0 atom stereocenters. The largest absolute Gasteiger partial charge is 0.454 e. The van der Waals surface area contributed by atoms with E-state index in [0.29, 0.717) is 39.0 Å². The van der Waals surface area contributed by atoms with Crippen molar-refractivity contribution in [2.24, 2.45) is 0 Å². The van der Waals surface area contributed by atoms with Gasteiger partial charge in [0.25, 0.3) is 0 Å². The summed E-state index contributed by atoms with van der Waals surface area (Å²) in [5.74, 6) is 0.717. The average molecular weight is 407 g/mol. The van der Waals surface area contributed by atoms with E-state index in [0.717, 1.165) is 0 Å². The number of ether oxygens (including phenoxy) is 3. The number of fused-ring (bicyclic) bond motifs is 1. The van der Waals surface area contributed by atoms with Gasteiger partial charge in [-0.05, 0) is 60.7 Å². The van der Waals surface area contributed by atoms with Crippen LogP contribution in [0.2, 0.25) is 5.02 Å². The number of benzene rings is 3. The molecule has 0 radical (unpaired) electrons. The van der Waals surface area contributed by atoms with E-state index < -0.39 is 5.97 Å². The molecule has 0 aromatic heterocycles. The van der Waals surface area contributed by atoms with Crippen molar-refractivity contribution in [3.05, 3.63) is 94.5 Å². The zero-order valence-corrected chi connectivity index (χ0v) is 15.9. The van der Waals surface area contributed by atoms with Crippen LogP contribution in [-0.4, -0.2) is 18.5 Å². The molecule has 0 saturated carbocycles. The van der Waals surface area contributed by atoms with Gasteiger partial charge >= 0.3 is 5.97 Å². The SMILES string of the molecule is O=C(/C=C/c1ccccc1OC(=O)c1ccc2c(c1)OCO2)c1ccc(Cl)cc1. The minimum atomic E-state index is -0.534. The Morgan fingerprint density at radius 3 is 2.45 bits per heavy atom. The Bertz CT molecular complexity index is 1100. The van der Waals surface area contributed by atoms with E-state index in [1.807, 2.05) is 0 Å². The van der Waals surface area contributed by atoms with Crippen LogP contribution in [-0.2, 0) is 0 Å². The third-order valence-electron chi connectivity index (χ3n) is 4.27. The number of carbonyl (C=O) groups excluding carboxylic acids is 2. The van der Waals surface area contributed by atoms with E-state index in [-0.39, 0.29) is 12.6 Å². The normalized spacial score (nSPS) is 12.2. The summed E-state index contributed by atoms with van der Waals surface area (Å²) < 4.78 is 16.1. The van der Waals surface area contributed by atoms with E-state index >= 15 is 0 Å². The highest BCUT2D eigenvalue weighted by Crippen LogP contribution is 2.33. The first kappa shape index (κ1) is 18.8. The van der Waals surface area contributed by atoms with E-state index in [1.165, 1.54) is 6.08 Å². The van der Waals surface area contributed by atoms with Crippen LogP contribution in [0.5, 0.6) is 17.2 Å². The number of ketones is 1. The quantitative estimate of drug-likeness (QED) is 0.253. The molecule has 0 unspecified atom stereocenters. The van der Waals surface area contributed by atoms with Crippen LogP contribution in [0.15, 0.2) is 72.8 Å². The lowest BCUT2D eigenvalue weighted by Gasteiger charge is -2.08. The molecule has 1 heterocycles. The van der Waals surface area contributed by atoms with Gasteiger partial charge in [0.15, 0.2) is 17.3 Å². The summed E-state index contributed by atoms with van der Waals surface area (Å²) in [5, 5.41) is 0.561.